The van der Waals surface area contributed by atoms with Crippen LogP contribution in [0.1, 0.15) is 5.56 Å². The number of benzene rings is 2. The van der Waals surface area contributed by atoms with Gasteiger partial charge in [0.15, 0.2) is 0 Å². The number of hydrogen-bond donors (Lipinski definition) is 1. The second-order valence-corrected chi connectivity index (χ2v) is 5.72. The van der Waals surface area contributed by atoms with Gasteiger partial charge in [-0.25, -0.2) is 0 Å². The molecule has 0 saturated heterocycles. The van der Waals surface area contributed by atoms with Gasteiger partial charge >= 0.3 is 0 Å². The van der Waals surface area contributed by atoms with E-state index in [9.17, 15) is 4.21 Å². The minimum absolute atomic E-state index is 0.695. The molecule has 0 saturated carbocycles. The lowest BCUT2D eigenvalue weighted by molar-refractivity contribution is 0.687. The second kappa shape index (κ2) is 6.03. The van der Waals surface area contributed by atoms with Crippen LogP contribution in [0, 0.1) is 0 Å². The molecule has 18 heavy (non-hydrogen) atoms. The number of hydrogen-bond acceptors (Lipinski definition) is 2. The zero-order chi connectivity index (χ0) is 13.0. The fourth-order valence-corrected chi connectivity index (χ4v) is 2.32. The molecule has 4 heteroatoms. The molecule has 1 N–H and O–H groups in total. The summed E-state index contributed by atoms with van der Waals surface area (Å²) in [7, 11) is -0.922. The SMILES string of the molecule is C[S@](=O)c1ccc(CNc2ccccc2Cl)cc1. The van der Waals surface area contributed by atoms with Crippen molar-refractivity contribution in [2.24, 2.45) is 0 Å². The molecule has 2 aromatic rings. The molecular formula is C14H14ClNOS. The third kappa shape index (κ3) is 3.34. The normalized spacial score (nSPS) is 12.1. The summed E-state index contributed by atoms with van der Waals surface area (Å²) in [6, 6.07) is 15.4. The lowest BCUT2D eigenvalue weighted by atomic mass is 10.2. The molecule has 2 nitrogen and oxygen atoms in total. The van der Waals surface area contributed by atoms with Crippen molar-refractivity contribution < 1.29 is 4.21 Å². The van der Waals surface area contributed by atoms with Crippen molar-refractivity contribution in [1.29, 1.82) is 0 Å². The third-order valence-corrected chi connectivity index (χ3v) is 3.88. The summed E-state index contributed by atoms with van der Waals surface area (Å²) in [5, 5.41) is 3.98. The van der Waals surface area contributed by atoms with Crippen molar-refractivity contribution in [3.63, 3.8) is 0 Å². The highest BCUT2D eigenvalue weighted by atomic mass is 35.5. The van der Waals surface area contributed by atoms with Crippen molar-refractivity contribution in [1.82, 2.24) is 0 Å². The first-order chi connectivity index (χ1) is 8.66. The molecule has 0 aliphatic rings. The zero-order valence-corrected chi connectivity index (χ0v) is 11.6. The Hall–Kier alpha value is -1.32. The molecule has 0 radical (unpaired) electrons. The van der Waals surface area contributed by atoms with E-state index in [1.807, 2.05) is 48.5 Å². The minimum Gasteiger partial charge on any atom is -0.380 e. The maximum Gasteiger partial charge on any atom is 0.0637 e. The van der Waals surface area contributed by atoms with Gasteiger partial charge in [0.25, 0.3) is 0 Å². The molecule has 0 amide bonds. The van der Waals surface area contributed by atoms with E-state index < -0.39 is 10.8 Å². The van der Waals surface area contributed by atoms with Gasteiger partial charge in [0, 0.05) is 28.5 Å². The quantitative estimate of drug-likeness (QED) is 0.925. The van der Waals surface area contributed by atoms with Crippen LogP contribution in [-0.2, 0) is 17.3 Å². The lowest BCUT2D eigenvalue weighted by Gasteiger charge is -2.08. The number of halogens is 1. The molecule has 2 aromatic carbocycles. The second-order valence-electron chi connectivity index (χ2n) is 3.93. The van der Waals surface area contributed by atoms with E-state index in [2.05, 4.69) is 5.32 Å². The van der Waals surface area contributed by atoms with Crippen molar-refractivity contribution in [3.05, 3.63) is 59.1 Å². The molecule has 1 atom stereocenters. The predicted octanol–water partition coefficient (Wildman–Crippen LogP) is 3.69. The average molecular weight is 280 g/mol. The van der Waals surface area contributed by atoms with Crippen LogP contribution < -0.4 is 5.32 Å². The molecular weight excluding hydrogens is 266 g/mol. The fraction of sp³-hybridized carbons (Fsp3) is 0.143. The molecule has 0 aromatic heterocycles. The maximum atomic E-state index is 11.3. The zero-order valence-electron chi connectivity index (χ0n) is 10.0. The van der Waals surface area contributed by atoms with Gasteiger partial charge in [-0.1, -0.05) is 35.9 Å². The number of nitrogens with one attached hydrogen (secondary N) is 1. The predicted molar refractivity (Wildman–Crippen MR) is 77.6 cm³/mol. The van der Waals surface area contributed by atoms with Gasteiger partial charge in [-0.15, -0.1) is 0 Å². The summed E-state index contributed by atoms with van der Waals surface area (Å²) in [6.45, 7) is 0.695. The van der Waals surface area contributed by atoms with Crippen LogP contribution in [0.15, 0.2) is 53.4 Å². The Labute approximate surface area is 114 Å². The Morgan fingerprint density at radius 1 is 1.11 bits per heavy atom. The topological polar surface area (TPSA) is 29.1 Å². The van der Waals surface area contributed by atoms with Crippen LogP contribution in [0.2, 0.25) is 5.02 Å². The average Bonchev–Trinajstić information content (AvgIpc) is 2.38. The smallest absolute Gasteiger partial charge is 0.0637 e. The summed E-state index contributed by atoms with van der Waals surface area (Å²) in [6.07, 6.45) is 1.68. The Morgan fingerprint density at radius 2 is 1.78 bits per heavy atom. The summed E-state index contributed by atoms with van der Waals surface area (Å²) >= 11 is 6.05. The highest BCUT2D eigenvalue weighted by Gasteiger charge is 2.00. The van der Waals surface area contributed by atoms with E-state index in [0.717, 1.165) is 16.1 Å². The third-order valence-electron chi connectivity index (χ3n) is 2.61. The summed E-state index contributed by atoms with van der Waals surface area (Å²) in [5.41, 5.74) is 2.05. The molecule has 94 valence electrons. The first-order valence-corrected chi connectivity index (χ1v) is 7.51. The first kappa shape index (κ1) is 13.1. The van der Waals surface area contributed by atoms with Crippen molar-refractivity contribution in [3.8, 4) is 0 Å². The van der Waals surface area contributed by atoms with Crippen molar-refractivity contribution in [2.45, 2.75) is 11.4 Å². The summed E-state index contributed by atoms with van der Waals surface area (Å²) < 4.78 is 11.3. The van der Waals surface area contributed by atoms with E-state index in [0.29, 0.717) is 11.6 Å². The van der Waals surface area contributed by atoms with Crippen LogP contribution in [0.25, 0.3) is 0 Å². The standard InChI is InChI=1S/C14H14ClNOS/c1-18(17)12-8-6-11(7-9-12)10-16-14-5-3-2-4-13(14)15/h2-9,16H,10H2,1H3/t18-/m0/s1. The van der Waals surface area contributed by atoms with Crippen molar-refractivity contribution >= 4 is 28.1 Å². The molecule has 0 unspecified atom stereocenters. The largest absolute Gasteiger partial charge is 0.380 e. The molecule has 0 spiro atoms. The van der Waals surface area contributed by atoms with E-state index in [1.165, 1.54) is 0 Å². The molecule has 0 heterocycles. The van der Waals surface area contributed by atoms with Gasteiger partial charge in [0.2, 0.25) is 0 Å². The number of rotatable bonds is 4. The molecule has 0 aliphatic heterocycles. The van der Waals surface area contributed by atoms with E-state index >= 15 is 0 Å². The highest BCUT2D eigenvalue weighted by molar-refractivity contribution is 7.84. The van der Waals surface area contributed by atoms with Gasteiger partial charge in [-0.2, -0.15) is 0 Å². The van der Waals surface area contributed by atoms with Crippen molar-refractivity contribution in [2.75, 3.05) is 11.6 Å². The van der Waals surface area contributed by atoms with E-state index in [-0.39, 0.29) is 0 Å². The Bertz CT molecular complexity index is 554. The van der Waals surface area contributed by atoms with Gasteiger partial charge in [-0.3, -0.25) is 4.21 Å². The fourth-order valence-electron chi connectivity index (χ4n) is 1.60. The van der Waals surface area contributed by atoms with Gasteiger partial charge in [-0.05, 0) is 29.8 Å². The molecule has 2 rings (SSSR count). The Morgan fingerprint density at radius 3 is 2.39 bits per heavy atom. The van der Waals surface area contributed by atoms with Crippen LogP contribution in [0.4, 0.5) is 5.69 Å². The highest BCUT2D eigenvalue weighted by Crippen LogP contribution is 2.21. The number of para-hydroxylation sites is 1. The molecule has 0 fully saturated rings. The van der Waals surface area contributed by atoms with E-state index in [4.69, 9.17) is 11.6 Å². The first-order valence-electron chi connectivity index (χ1n) is 5.57. The van der Waals surface area contributed by atoms with Gasteiger partial charge in [0.1, 0.15) is 0 Å². The van der Waals surface area contributed by atoms with Crippen LogP contribution >= 0.6 is 11.6 Å². The summed E-state index contributed by atoms with van der Waals surface area (Å²) in [5.74, 6) is 0. The van der Waals surface area contributed by atoms with Crippen LogP contribution in [-0.4, -0.2) is 10.5 Å². The molecule has 0 bridgehead atoms. The van der Waals surface area contributed by atoms with Crippen LogP contribution in [0.3, 0.4) is 0 Å². The monoisotopic (exact) mass is 279 g/mol. The van der Waals surface area contributed by atoms with Gasteiger partial charge in [0.05, 0.1) is 10.7 Å². The lowest BCUT2D eigenvalue weighted by Crippen LogP contribution is -2.00. The van der Waals surface area contributed by atoms with Gasteiger partial charge < -0.3 is 5.32 Å². The number of anilines is 1. The maximum absolute atomic E-state index is 11.3. The molecule has 0 aliphatic carbocycles. The van der Waals surface area contributed by atoms with Crippen LogP contribution in [0.5, 0.6) is 0 Å². The van der Waals surface area contributed by atoms with E-state index in [1.54, 1.807) is 6.26 Å². The summed E-state index contributed by atoms with van der Waals surface area (Å²) in [4.78, 5) is 0.844. The Balaban J connectivity index is 2.02. The Kier molecular flexibility index (Phi) is 4.39. The minimum atomic E-state index is -0.922.